The normalized spacial score (nSPS) is 13.4. The summed E-state index contributed by atoms with van der Waals surface area (Å²) >= 11 is 0. The third kappa shape index (κ3) is 9.24. The van der Waals surface area contributed by atoms with Gasteiger partial charge in [0.2, 0.25) is 0 Å². The Kier molecular flexibility index (Phi) is 8.16. The summed E-state index contributed by atoms with van der Waals surface area (Å²) in [4.78, 5) is 17.9. The van der Waals surface area contributed by atoms with Crippen LogP contribution in [0.15, 0.2) is 24.3 Å². The van der Waals surface area contributed by atoms with Crippen LogP contribution in [0.1, 0.15) is 52.0 Å². The molecule has 0 saturated heterocycles. The van der Waals surface area contributed by atoms with Crippen molar-refractivity contribution in [1.29, 1.82) is 0 Å². The molecule has 22 heavy (non-hydrogen) atoms. The molecule has 126 valence electrons. The highest BCUT2D eigenvalue weighted by atomic mass is 31.2. The Morgan fingerprint density at radius 1 is 1.05 bits per heavy atom. The van der Waals surface area contributed by atoms with Crippen molar-refractivity contribution >= 4 is 7.60 Å². The van der Waals surface area contributed by atoms with Crippen LogP contribution in [0, 0.1) is 11.8 Å². The molecule has 1 unspecified atom stereocenters. The molecule has 1 aromatic rings. The van der Waals surface area contributed by atoms with Crippen molar-refractivity contribution in [2.24, 2.45) is 11.8 Å². The quantitative estimate of drug-likeness (QED) is 0.616. The molecule has 1 atom stereocenters. The first-order valence-corrected chi connectivity index (χ1v) is 9.82. The van der Waals surface area contributed by atoms with Crippen LogP contribution in [0.2, 0.25) is 0 Å². The van der Waals surface area contributed by atoms with E-state index < -0.39 is 7.60 Å². The van der Waals surface area contributed by atoms with Crippen LogP contribution in [-0.2, 0) is 10.7 Å². The monoisotopic (exact) mass is 328 g/mol. The lowest BCUT2D eigenvalue weighted by atomic mass is 9.98. The SMILES string of the molecule is CC(C)CCCC(C)CCOc1ccc(CP(=O)(O)O)cc1. The maximum absolute atomic E-state index is 10.9. The summed E-state index contributed by atoms with van der Waals surface area (Å²) in [6.45, 7) is 7.45. The predicted octanol–water partition coefficient (Wildman–Crippen LogP) is 4.60. The lowest BCUT2D eigenvalue weighted by Crippen LogP contribution is -2.05. The van der Waals surface area contributed by atoms with Crippen LogP contribution in [0.4, 0.5) is 0 Å². The fourth-order valence-electron chi connectivity index (χ4n) is 2.33. The molecule has 5 heteroatoms. The third-order valence-electron chi connectivity index (χ3n) is 3.67. The summed E-state index contributed by atoms with van der Waals surface area (Å²) in [5, 5.41) is 0. The van der Waals surface area contributed by atoms with Crippen molar-refractivity contribution < 1.29 is 19.1 Å². The Bertz CT molecular complexity index is 464. The number of hydrogen-bond acceptors (Lipinski definition) is 2. The van der Waals surface area contributed by atoms with Gasteiger partial charge in [-0.2, -0.15) is 0 Å². The van der Waals surface area contributed by atoms with Gasteiger partial charge in [0.15, 0.2) is 0 Å². The van der Waals surface area contributed by atoms with Gasteiger partial charge in [0.05, 0.1) is 12.8 Å². The number of hydrogen-bond donors (Lipinski definition) is 2. The van der Waals surface area contributed by atoms with Gasteiger partial charge in [-0.3, -0.25) is 4.57 Å². The largest absolute Gasteiger partial charge is 0.494 e. The summed E-state index contributed by atoms with van der Waals surface area (Å²) in [6.07, 6.45) is 4.60. The first kappa shape index (κ1) is 19.2. The molecular weight excluding hydrogens is 299 g/mol. The fraction of sp³-hybridized carbons (Fsp3) is 0.647. The smallest absolute Gasteiger partial charge is 0.329 e. The highest BCUT2D eigenvalue weighted by molar-refractivity contribution is 7.50. The van der Waals surface area contributed by atoms with Crippen molar-refractivity contribution in [3.8, 4) is 5.75 Å². The lowest BCUT2D eigenvalue weighted by Gasteiger charge is -2.13. The highest BCUT2D eigenvalue weighted by Gasteiger charge is 2.13. The molecule has 0 aliphatic carbocycles. The third-order valence-corrected chi connectivity index (χ3v) is 4.45. The van der Waals surface area contributed by atoms with Gasteiger partial charge < -0.3 is 14.5 Å². The molecule has 0 aliphatic rings. The van der Waals surface area contributed by atoms with Crippen molar-refractivity contribution in [2.75, 3.05) is 6.61 Å². The van der Waals surface area contributed by atoms with Crippen LogP contribution in [-0.4, -0.2) is 16.4 Å². The zero-order valence-electron chi connectivity index (χ0n) is 13.9. The Hall–Kier alpha value is -0.830. The van der Waals surface area contributed by atoms with E-state index in [1.807, 2.05) is 0 Å². The van der Waals surface area contributed by atoms with Crippen molar-refractivity contribution in [1.82, 2.24) is 0 Å². The number of benzene rings is 1. The Balaban J connectivity index is 2.26. The van der Waals surface area contributed by atoms with Gasteiger partial charge in [0, 0.05) is 0 Å². The Morgan fingerprint density at radius 2 is 1.68 bits per heavy atom. The molecule has 0 radical (unpaired) electrons. The van der Waals surface area contributed by atoms with Crippen LogP contribution in [0.3, 0.4) is 0 Å². The average molecular weight is 328 g/mol. The minimum atomic E-state index is -4.00. The van der Waals surface area contributed by atoms with E-state index in [9.17, 15) is 4.57 Å². The molecular formula is C17H29O4P. The predicted molar refractivity (Wildman–Crippen MR) is 90.2 cm³/mol. The van der Waals surface area contributed by atoms with Gasteiger partial charge in [0.1, 0.15) is 5.75 Å². The first-order chi connectivity index (χ1) is 10.3. The second-order valence-corrected chi connectivity index (χ2v) is 8.18. The van der Waals surface area contributed by atoms with E-state index in [2.05, 4.69) is 20.8 Å². The van der Waals surface area contributed by atoms with E-state index in [4.69, 9.17) is 14.5 Å². The van der Waals surface area contributed by atoms with Crippen LogP contribution < -0.4 is 4.74 Å². The zero-order chi connectivity index (χ0) is 16.6. The van der Waals surface area contributed by atoms with E-state index in [1.165, 1.54) is 19.3 Å². The minimum Gasteiger partial charge on any atom is -0.494 e. The maximum Gasteiger partial charge on any atom is 0.329 e. The van der Waals surface area contributed by atoms with Gasteiger partial charge in [-0.05, 0) is 36.0 Å². The number of rotatable bonds is 10. The minimum absolute atomic E-state index is 0.222. The molecule has 0 amide bonds. The molecule has 1 aromatic carbocycles. The Labute approximate surface area is 134 Å². The molecule has 0 saturated carbocycles. The lowest BCUT2D eigenvalue weighted by molar-refractivity contribution is 0.275. The second-order valence-electron chi connectivity index (χ2n) is 6.53. The van der Waals surface area contributed by atoms with E-state index in [0.717, 1.165) is 18.1 Å². The highest BCUT2D eigenvalue weighted by Crippen LogP contribution is 2.39. The van der Waals surface area contributed by atoms with Crippen molar-refractivity contribution in [3.05, 3.63) is 29.8 Å². The zero-order valence-corrected chi connectivity index (χ0v) is 14.8. The summed E-state index contributed by atoms with van der Waals surface area (Å²) in [5.41, 5.74) is 0.628. The van der Waals surface area contributed by atoms with E-state index in [-0.39, 0.29) is 6.16 Å². The Morgan fingerprint density at radius 3 is 2.23 bits per heavy atom. The molecule has 1 rings (SSSR count). The summed E-state index contributed by atoms with van der Waals surface area (Å²) in [7, 11) is -4.00. The van der Waals surface area contributed by atoms with Crippen LogP contribution in [0.5, 0.6) is 5.75 Å². The van der Waals surface area contributed by atoms with Crippen molar-refractivity contribution in [2.45, 2.75) is 52.6 Å². The molecule has 0 heterocycles. The fourth-order valence-corrected chi connectivity index (χ4v) is 3.01. The van der Waals surface area contributed by atoms with Crippen LogP contribution in [0.25, 0.3) is 0 Å². The van der Waals surface area contributed by atoms with Gasteiger partial charge in [-0.15, -0.1) is 0 Å². The molecule has 0 aliphatic heterocycles. The topological polar surface area (TPSA) is 66.8 Å². The summed E-state index contributed by atoms with van der Waals surface area (Å²) < 4.78 is 16.6. The van der Waals surface area contributed by atoms with E-state index in [0.29, 0.717) is 18.1 Å². The van der Waals surface area contributed by atoms with E-state index >= 15 is 0 Å². The van der Waals surface area contributed by atoms with Gasteiger partial charge in [-0.1, -0.05) is 52.2 Å². The molecule has 0 spiro atoms. The van der Waals surface area contributed by atoms with Crippen LogP contribution >= 0.6 is 7.60 Å². The summed E-state index contributed by atoms with van der Waals surface area (Å²) in [5.74, 6) is 2.19. The van der Waals surface area contributed by atoms with E-state index in [1.54, 1.807) is 24.3 Å². The molecule has 0 fully saturated rings. The molecule has 0 bridgehead atoms. The molecule has 2 N–H and O–H groups in total. The first-order valence-electron chi connectivity index (χ1n) is 8.02. The summed E-state index contributed by atoms with van der Waals surface area (Å²) in [6, 6.07) is 6.96. The molecule has 4 nitrogen and oxygen atoms in total. The molecule has 0 aromatic heterocycles. The van der Waals surface area contributed by atoms with Gasteiger partial charge >= 0.3 is 7.60 Å². The standard InChI is InChI=1S/C17H29O4P/c1-14(2)5-4-6-15(3)11-12-21-17-9-7-16(8-10-17)13-22(18,19)20/h7-10,14-15H,4-6,11-13H2,1-3H3,(H2,18,19,20). The second kappa shape index (κ2) is 9.34. The van der Waals surface area contributed by atoms with Gasteiger partial charge in [-0.25, -0.2) is 0 Å². The van der Waals surface area contributed by atoms with Gasteiger partial charge in [0.25, 0.3) is 0 Å². The van der Waals surface area contributed by atoms with Crippen molar-refractivity contribution in [3.63, 3.8) is 0 Å². The maximum atomic E-state index is 10.9. The number of ether oxygens (including phenoxy) is 1. The average Bonchev–Trinajstić information content (AvgIpc) is 2.38.